The van der Waals surface area contributed by atoms with Crippen molar-refractivity contribution in [3.8, 4) is 0 Å². The molecule has 0 aliphatic rings. The molecule has 2 rings (SSSR count). The van der Waals surface area contributed by atoms with Crippen molar-refractivity contribution >= 4 is 41.5 Å². The van der Waals surface area contributed by atoms with Crippen LogP contribution in [0, 0.1) is 5.92 Å². The quantitative estimate of drug-likeness (QED) is 0.0731. The van der Waals surface area contributed by atoms with E-state index in [1.165, 1.54) is 81.1 Å². The Morgan fingerprint density at radius 2 is 1.26 bits per heavy atom. The molecular weight excluding hydrogens is 489 g/mol. The van der Waals surface area contributed by atoms with Crippen LogP contribution in [-0.4, -0.2) is 16.3 Å². The largest absolute Gasteiger partial charge is 0.386 e. The summed E-state index contributed by atoms with van der Waals surface area (Å²) in [7, 11) is 0. The summed E-state index contributed by atoms with van der Waals surface area (Å²) >= 11 is 4.95. The van der Waals surface area contributed by atoms with E-state index < -0.39 is 0 Å². The van der Waals surface area contributed by atoms with E-state index >= 15 is 0 Å². The van der Waals surface area contributed by atoms with Crippen LogP contribution in [0.15, 0.2) is 70.5 Å². The number of benzene rings is 2. The fourth-order valence-corrected chi connectivity index (χ4v) is 7.50. The van der Waals surface area contributed by atoms with E-state index in [0.29, 0.717) is 0 Å². The Bertz CT molecular complexity index is 770. The van der Waals surface area contributed by atoms with Gasteiger partial charge in [-0.2, -0.15) is 0 Å². The van der Waals surface area contributed by atoms with E-state index in [1.54, 1.807) is 0 Å². The molecule has 0 aromatic heterocycles. The molecule has 0 spiro atoms. The molecule has 0 amide bonds. The second-order valence-electron chi connectivity index (χ2n) is 9.05. The number of carbonyl (C=O) groups excluding carboxylic acids is 1. The van der Waals surface area contributed by atoms with Crippen molar-refractivity contribution in [1.82, 2.24) is 0 Å². The maximum absolute atomic E-state index is 13.2. The summed E-state index contributed by atoms with van der Waals surface area (Å²) in [5, 5.41) is 0. The van der Waals surface area contributed by atoms with E-state index in [4.69, 9.17) is 4.18 Å². The molecule has 0 radical (unpaired) electrons. The van der Waals surface area contributed by atoms with Crippen LogP contribution in [0.3, 0.4) is 0 Å². The predicted octanol–water partition coefficient (Wildman–Crippen LogP) is 10.4. The molecule has 0 aliphatic heterocycles. The van der Waals surface area contributed by atoms with Crippen molar-refractivity contribution in [2.24, 2.45) is 5.92 Å². The van der Waals surface area contributed by atoms with Crippen molar-refractivity contribution in [2.75, 3.05) is 5.75 Å². The van der Waals surface area contributed by atoms with Crippen molar-refractivity contribution in [3.63, 3.8) is 0 Å². The minimum Gasteiger partial charge on any atom is -0.386 e. The van der Waals surface area contributed by atoms with E-state index in [-0.39, 0.29) is 16.5 Å². The van der Waals surface area contributed by atoms with Crippen molar-refractivity contribution in [3.05, 3.63) is 60.7 Å². The third-order valence-corrected chi connectivity index (χ3v) is 9.67. The molecule has 0 saturated carbocycles. The molecule has 2 aromatic rings. The topological polar surface area (TPSA) is 26.3 Å². The van der Waals surface area contributed by atoms with Crippen LogP contribution in [-0.2, 0) is 8.98 Å². The maximum Gasteiger partial charge on any atom is 0.323 e. The average Bonchev–Trinajstić information content (AvgIpc) is 2.89. The molecule has 0 heterocycles. The third kappa shape index (κ3) is 13.7. The van der Waals surface area contributed by atoms with Gasteiger partial charge in [-0.3, -0.25) is 4.79 Å². The Morgan fingerprint density at radius 3 is 1.83 bits per heavy atom. The zero-order chi connectivity index (χ0) is 25.0. The normalized spacial score (nSPS) is 12.9. The van der Waals surface area contributed by atoms with Crippen LogP contribution in [0.1, 0.15) is 90.9 Å². The Labute approximate surface area is 227 Å². The summed E-state index contributed by atoms with van der Waals surface area (Å²) in [5.74, 6) is 0.889. The van der Waals surface area contributed by atoms with Crippen molar-refractivity contribution in [1.29, 1.82) is 0 Å². The number of hydrogen-bond acceptors (Lipinski definition) is 5. The van der Waals surface area contributed by atoms with Gasteiger partial charge >= 0.3 is 5.97 Å². The lowest BCUT2D eigenvalue weighted by Gasteiger charge is -2.24. The fraction of sp³-hybridized carbons (Fsp3) is 0.567. The van der Waals surface area contributed by atoms with Gasteiger partial charge in [0.05, 0.1) is 22.5 Å². The number of hydrogen-bond donors (Lipinski definition) is 0. The molecular formula is C30H44O2S3. The van der Waals surface area contributed by atoms with Gasteiger partial charge < -0.3 is 4.18 Å². The number of unbranched alkanes of at least 4 members (excludes halogenated alkanes) is 9. The van der Waals surface area contributed by atoms with E-state index in [1.807, 2.05) is 59.9 Å². The highest BCUT2D eigenvalue weighted by Crippen LogP contribution is 2.39. The van der Waals surface area contributed by atoms with Crippen LogP contribution in [0.4, 0.5) is 0 Å². The Morgan fingerprint density at radius 1 is 0.714 bits per heavy atom. The minimum atomic E-state index is -0.116. The summed E-state index contributed by atoms with van der Waals surface area (Å²) < 4.78 is 5.89. The smallest absolute Gasteiger partial charge is 0.323 e. The molecule has 0 bridgehead atoms. The summed E-state index contributed by atoms with van der Waals surface area (Å²) in [6.07, 6.45) is 15.3. The van der Waals surface area contributed by atoms with Gasteiger partial charge in [0, 0.05) is 9.79 Å². The number of thioether (sulfide) groups is 2. The first kappa shape index (κ1) is 30.2. The van der Waals surface area contributed by atoms with E-state index in [2.05, 4.69) is 38.1 Å². The highest BCUT2D eigenvalue weighted by Gasteiger charge is 2.31. The zero-order valence-corrected chi connectivity index (χ0v) is 24.1. The van der Waals surface area contributed by atoms with Crippen molar-refractivity contribution < 1.29 is 8.98 Å². The van der Waals surface area contributed by atoms with Crippen LogP contribution in [0.25, 0.3) is 0 Å². The molecule has 35 heavy (non-hydrogen) atoms. The molecule has 194 valence electrons. The van der Waals surface area contributed by atoms with Crippen LogP contribution in [0.2, 0.25) is 0 Å². The molecule has 2 nitrogen and oxygen atoms in total. The first-order valence-corrected chi connectivity index (χ1v) is 16.2. The van der Waals surface area contributed by atoms with Gasteiger partial charge in [-0.1, -0.05) is 114 Å². The first-order chi connectivity index (χ1) is 17.2. The predicted molar refractivity (Wildman–Crippen MR) is 157 cm³/mol. The minimum absolute atomic E-state index is 0.0929. The molecule has 0 aliphatic carbocycles. The molecule has 5 heteroatoms. The van der Waals surface area contributed by atoms with Gasteiger partial charge in [0.2, 0.25) is 0 Å². The van der Waals surface area contributed by atoms with Crippen LogP contribution in [0.5, 0.6) is 0 Å². The average molecular weight is 533 g/mol. The molecule has 0 N–H and O–H groups in total. The SMILES string of the molecule is CCCCCCCCCCCCSC(Sc1ccccc1)C(CCC)C(=O)OSc1ccccc1. The molecule has 0 saturated heterocycles. The van der Waals surface area contributed by atoms with E-state index in [9.17, 15) is 4.79 Å². The maximum atomic E-state index is 13.2. The van der Waals surface area contributed by atoms with Crippen LogP contribution < -0.4 is 0 Å². The zero-order valence-electron chi connectivity index (χ0n) is 21.7. The second-order valence-corrected chi connectivity index (χ2v) is 12.6. The third-order valence-electron chi connectivity index (χ3n) is 5.97. The van der Waals surface area contributed by atoms with Gasteiger partial charge in [0.25, 0.3) is 0 Å². The van der Waals surface area contributed by atoms with Crippen molar-refractivity contribution in [2.45, 2.75) is 105 Å². The van der Waals surface area contributed by atoms with Gasteiger partial charge in [0.15, 0.2) is 0 Å². The summed E-state index contributed by atoms with van der Waals surface area (Å²) in [6, 6.07) is 20.3. The summed E-state index contributed by atoms with van der Waals surface area (Å²) in [5.41, 5.74) is 0. The number of rotatable bonds is 20. The lowest BCUT2D eigenvalue weighted by atomic mass is 10.1. The second kappa shape index (κ2) is 20.1. The van der Waals surface area contributed by atoms with Gasteiger partial charge in [-0.25, -0.2) is 0 Å². The van der Waals surface area contributed by atoms with Gasteiger partial charge in [-0.15, -0.1) is 23.5 Å². The Kier molecular flexibility index (Phi) is 17.3. The summed E-state index contributed by atoms with van der Waals surface area (Å²) in [4.78, 5) is 15.3. The van der Waals surface area contributed by atoms with Crippen LogP contribution >= 0.6 is 35.6 Å². The van der Waals surface area contributed by atoms with E-state index in [0.717, 1.165) is 23.5 Å². The number of carbonyl (C=O) groups is 1. The standard InChI is InChI=1S/C30H44O2S3/c1-3-5-6-7-8-9-10-11-12-19-25-33-30(34-26-21-15-13-16-22-26)28(20-4-2)29(31)32-35-27-23-17-14-18-24-27/h13-18,21-24,28,30H,3-12,19-20,25H2,1-2H3. The molecule has 2 atom stereocenters. The lowest BCUT2D eigenvalue weighted by Crippen LogP contribution is -2.25. The molecule has 0 fully saturated rings. The Balaban J connectivity index is 1.83. The fourth-order valence-electron chi connectivity index (χ4n) is 3.96. The summed E-state index contributed by atoms with van der Waals surface area (Å²) in [6.45, 7) is 4.43. The molecule has 2 aromatic carbocycles. The monoisotopic (exact) mass is 532 g/mol. The highest BCUT2D eigenvalue weighted by molar-refractivity contribution is 8.17. The van der Waals surface area contributed by atoms with Gasteiger partial charge in [0.1, 0.15) is 0 Å². The van der Waals surface area contributed by atoms with Gasteiger partial charge in [-0.05, 0) is 42.9 Å². The Hall–Kier alpha value is -1.04. The lowest BCUT2D eigenvalue weighted by molar-refractivity contribution is -0.137. The molecule has 2 unspecified atom stereocenters. The first-order valence-electron chi connectivity index (χ1n) is 13.5. The highest BCUT2D eigenvalue weighted by atomic mass is 32.2.